The Morgan fingerprint density at radius 3 is 2.40 bits per heavy atom. The molecule has 0 atom stereocenters. The second-order valence-electron chi connectivity index (χ2n) is 6.20. The van der Waals surface area contributed by atoms with Crippen LogP contribution in [0, 0.1) is 6.92 Å². The van der Waals surface area contributed by atoms with Crippen LogP contribution in [0.25, 0.3) is 0 Å². The summed E-state index contributed by atoms with van der Waals surface area (Å²) in [7, 11) is 6.07. The molecule has 4 nitrogen and oxygen atoms in total. The molecule has 1 fully saturated rings. The molecule has 1 amide bonds. The lowest BCUT2D eigenvalue weighted by molar-refractivity contribution is 0.0252. The average Bonchev–Trinajstić information content (AvgIpc) is 2.35. The molecule has 0 spiro atoms. The number of nitrogens with two attached hydrogens (primary N) is 1. The highest BCUT2D eigenvalue weighted by Crippen LogP contribution is 2.36. The van der Waals surface area contributed by atoms with Crippen molar-refractivity contribution in [2.24, 2.45) is 0 Å². The van der Waals surface area contributed by atoms with E-state index >= 15 is 0 Å². The van der Waals surface area contributed by atoms with Gasteiger partial charge < -0.3 is 15.5 Å². The first-order valence-electron chi connectivity index (χ1n) is 7.15. The summed E-state index contributed by atoms with van der Waals surface area (Å²) in [6, 6.07) is 5.53. The molecule has 0 heterocycles. The molecule has 2 rings (SSSR count). The Hall–Kier alpha value is -1.55. The van der Waals surface area contributed by atoms with Gasteiger partial charge in [0.25, 0.3) is 5.91 Å². The van der Waals surface area contributed by atoms with Gasteiger partial charge in [-0.3, -0.25) is 4.79 Å². The Morgan fingerprint density at radius 2 is 1.95 bits per heavy atom. The Balaban J connectivity index is 2.10. The number of hydrogen-bond donors (Lipinski definition) is 1. The number of anilines is 1. The summed E-state index contributed by atoms with van der Waals surface area (Å²) < 4.78 is 0. The van der Waals surface area contributed by atoms with Crippen molar-refractivity contribution >= 4 is 11.6 Å². The molecule has 4 heteroatoms. The van der Waals surface area contributed by atoms with Crippen LogP contribution in [-0.4, -0.2) is 48.9 Å². The maximum atomic E-state index is 12.5. The molecule has 1 aromatic carbocycles. The van der Waals surface area contributed by atoms with Crippen molar-refractivity contribution in [1.29, 1.82) is 0 Å². The van der Waals surface area contributed by atoms with Gasteiger partial charge in [0.05, 0.1) is 0 Å². The molecule has 1 aromatic rings. The van der Waals surface area contributed by atoms with Gasteiger partial charge in [-0.2, -0.15) is 0 Å². The summed E-state index contributed by atoms with van der Waals surface area (Å²) in [5.41, 5.74) is 8.40. The number of aryl methyl sites for hydroxylation is 1. The molecular weight excluding hydrogens is 250 g/mol. The molecule has 0 aliphatic heterocycles. The van der Waals surface area contributed by atoms with Crippen molar-refractivity contribution < 1.29 is 4.79 Å². The maximum Gasteiger partial charge on any atom is 0.253 e. The van der Waals surface area contributed by atoms with Crippen molar-refractivity contribution in [2.75, 3.05) is 33.4 Å². The lowest BCUT2D eigenvalue weighted by atomic mass is 9.75. The summed E-state index contributed by atoms with van der Waals surface area (Å²) in [6.45, 7) is 2.72. The predicted octanol–water partition coefficient (Wildman–Crippen LogP) is 2.13. The Bertz CT molecular complexity index is 506. The zero-order valence-electron chi connectivity index (χ0n) is 12.9. The second-order valence-corrected chi connectivity index (χ2v) is 6.20. The van der Waals surface area contributed by atoms with Crippen molar-refractivity contribution in [2.45, 2.75) is 31.7 Å². The number of carbonyl (C=O) groups is 1. The number of carbonyl (C=O) groups excluding carboxylic acids is 1. The molecule has 1 aliphatic rings. The summed E-state index contributed by atoms with van der Waals surface area (Å²) in [6.07, 6.45) is 3.57. The van der Waals surface area contributed by atoms with Crippen LogP contribution in [0.15, 0.2) is 18.2 Å². The second kappa shape index (κ2) is 5.44. The van der Waals surface area contributed by atoms with Gasteiger partial charge in [-0.15, -0.1) is 0 Å². The van der Waals surface area contributed by atoms with Crippen LogP contribution in [0.1, 0.15) is 35.2 Å². The standard InChI is InChI=1S/C16H25N3O/c1-12-6-7-13(10-14(12)17)15(20)19(4)11-16(18(2)3)8-5-9-16/h6-7,10H,5,8-9,11,17H2,1-4H3. The summed E-state index contributed by atoms with van der Waals surface area (Å²) in [5, 5.41) is 0. The zero-order chi connectivity index (χ0) is 14.9. The quantitative estimate of drug-likeness (QED) is 0.856. The van der Waals surface area contributed by atoms with Gasteiger partial charge >= 0.3 is 0 Å². The number of nitrogens with zero attached hydrogens (tertiary/aromatic N) is 2. The third-order valence-electron chi connectivity index (χ3n) is 4.64. The van der Waals surface area contributed by atoms with Gasteiger partial charge in [0.2, 0.25) is 0 Å². The zero-order valence-corrected chi connectivity index (χ0v) is 12.9. The van der Waals surface area contributed by atoms with Crippen LogP contribution < -0.4 is 5.73 Å². The molecule has 0 bridgehead atoms. The van der Waals surface area contributed by atoms with Gasteiger partial charge in [0, 0.05) is 30.4 Å². The fourth-order valence-electron chi connectivity index (χ4n) is 2.84. The largest absolute Gasteiger partial charge is 0.398 e. The molecule has 20 heavy (non-hydrogen) atoms. The first kappa shape index (κ1) is 14.9. The minimum atomic E-state index is 0.0461. The van der Waals surface area contributed by atoms with Crippen LogP contribution in [0.3, 0.4) is 0 Å². The van der Waals surface area contributed by atoms with Gasteiger partial charge in [-0.1, -0.05) is 6.07 Å². The highest BCUT2D eigenvalue weighted by atomic mass is 16.2. The Labute approximate surface area is 121 Å². The minimum Gasteiger partial charge on any atom is -0.398 e. The van der Waals surface area contributed by atoms with Gasteiger partial charge in [-0.05, 0) is 58.0 Å². The fourth-order valence-corrected chi connectivity index (χ4v) is 2.84. The van der Waals surface area contributed by atoms with E-state index in [9.17, 15) is 4.79 Å². The fraction of sp³-hybridized carbons (Fsp3) is 0.562. The van der Waals surface area contributed by atoms with Crippen LogP contribution in [0.5, 0.6) is 0 Å². The topological polar surface area (TPSA) is 49.6 Å². The van der Waals surface area contributed by atoms with E-state index in [-0.39, 0.29) is 11.4 Å². The molecular formula is C16H25N3O. The molecule has 1 aliphatic carbocycles. The van der Waals surface area contributed by atoms with Crippen LogP contribution in [0.4, 0.5) is 5.69 Å². The third-order valence-corrected chi connectivity index (χ3v) is 4.64. The van der Waals surface area contributed by atoms with Crippen LogP contribution >= 0.6 is 0 Å². The predicted molar refractivity (Wildman–Crippen MR) is 82.8 cm³/mol. The van der Waals surface area contributed by atoms with Gasteiger partial charge in [-0.25, -0.2) is 0 Å². The van der Waals surface area contributed by atoms with Gasteiger partial charge in [0.1, 0.15) is 0 Å². The van der Waals surface area contributed by atoms with E-state index in [2.05, 4.69) is 19.0 Å². The SMILES string of the molecule is Cc1ccc(C(=O)N(C)CC2(N(C)C)CCC2)cc1N. The van der Waals surface area contributed by atoms with E-state index in [1.54, 1.807) is 6.07 Å². The van der Waals surface area contributed by atoms with Crippen molar-refractivity contribution in [1.82, 2.24) is 9.80 Å². The molecule has 0 radical (unpaired) electrons. The summed E-state index contributed by atoms with van der Waals surface area (Å²) in [4.78, 5) is 16.6. The highest BCUT2D eigenvalue weighted by molar-refractivity contribution is 5.95. The van der Waals surface area contributed by atoms with Crippen molar-refractivity contribution in [3.05, 3.63) is 29.3 Å². The normalized spacial score (nSPS) is 16.9. The van der Waals surface area contributed by atoms with Gasteiger partial charge in [0.15, 0.2) is 0 Å². The smallest absolute Gasteiger partial charge is 0.253 e. The average molecular weight is 275 g/mol. The molecule has 0 aromatic heterocycles. The minimum absolute atomic E-state index is 0.0461. The Morgan fingerprint density at radius 1 is 1.30 bits per heavy atom. The van der Waals surface area contributed by atoms with Crippen LogP contribution in [0.2, 0.25) is 0 Å². The first-order chi connectivity index (χ1) is 9.35. The van der Waals surface area contributed by atoms with Crippen LogP contribution in [-0.2, 0) is 0 Å². The van der Waals surface area contributed by atoms with E-state index in [1.807, 2.05) is 31.0 Å². The van der Waals surface area contributed by atoms with Crippen molar-refractivity contribution in [3.63, 3.8) is 0 Å². The number of rotatable bonds is 4. The molecule has 0 unspecified atom stereocenters. The molecule has 1 saturated carbocycles. The molecule has 2 N–H and O–H groups in total. The highest BCUT2D eigenvalue weighted by Gasteiger charge is 2.40. The lowest BCUT2D eigenvalue weighted by Crippen LogP contribution is -2.57. The first-order valence-corrected chi connectivity index (χ1v) is 7.15. The summed E-state index contributed by atoms with van der Waals surface area (Å²) in [5.74, 6) is 0.0461. The van der Waals surface area contributed by atoms with E-state index in [0.717, 1.165) is 24.9 Å². The number of amides is 1. The summed E-state index contributed by atoms with van der Waals surface area (Å²) >= 11 is 0. The lowest BCUT2D eigenvalue weighted by Gasteiger charge is -2.49. The number of benzene rings is 1. The number of hydrogen-bond acceptors (Lipinski definition) is 3. The molecule has 0 saturated heterocycles. The Kier molecular flexibility index (Phi) is 4.04. The van der Waals surface area contributed by atoms with E-state index in [1.165, 1.54) is 6.42 Å². The maximum absolute atomic E-state index is 12.5. The van der Waals surface area contributed by atoms with E-state index < -0.39 is 0 Å². The molecule has 110 valence electrons. The van der Waals surface area contributed by atoms with E-state index in [4.69, 9.17) is 5.73 Å². The number of nitrogen functional groups attached to an aromatic ring is 1. The number of likely N-dealkylation sites (N-methyl/N-ethyl adjacent to an activating group) is 2. The third kappa shape index (κ3) is 2.66. The van der Waals surface area contributed by atoms with E-state index in [0.29, 0.717) is 11.3 Å². The van der Waals surface area contributed by atoms with Crippen molar-refractivity contribution in [3.8, 4) is 0 Å². The monoisotopic (exact) mass is 275 g/mol.